The molecule has 0 aromatic carbocycles. The van der Waals surface area contributed by atoms with Crippen molar-refractivity contribution in [2.75, 3.05) is 17.7 Å². The number of aryl methyl sites for hydroxylation is 1. The molecule has 3 rings (SSSR count). The van der Waals surface area contributed by atoms with Gasteiger partial charge in [-0.1, -0.05) is 6.07 Å². The van der Waals surface area contributed by atoms with Crippen LogP contribution in [0.25, 0.3) is 10.6 Å². The molecule has 0 fully saturated rings. The summed E-state index contributed by atoms with van der Waals surface area (Å²) in [6, 6.07) is 4.00. The van der Waals surface area contributed by atoms with E-state index in [-0.39, 0.29) is 0 Å². The van der Waals surface area contributed by atoms with Crippen molar-refractivity contribution in [2.45, 2.75) is 13.5 Å². The predicted molar refractivity (Wildman–Crippen MR) is 88.7 cm³/mol. The topological polar surface area (TPSA) is 67.9 Å². The van der Waals surface area contributed by atoms with Crippen LogP contribution in [0.2, 0.25) is 0 Å². The van der Waals surface area contributed by atoms with Gasteiger partial charge in [0.05, 0.1) is 5.56 Å². The van der Waals surface area contributed by atoms with Crippen LogP contribution in [0.3, 0.4) is 0 Å². The Morgan fingerprint density at radius 3 is 2.90 bits per heavy atom. The van der Waals surface area contributed by atoms with Gasteiger partial charge in [0.15, 0.2) is 0 Å². The van der Waals surface area contributed by atoms with Gasteiger partial charge >= 0.3 is 0 Å². The molecule has 3 aromatic heterocycles. The van der Waals surface area contributed by atoms with Gasteiger partial charge in [-0.3, -0.25) is 4.98 Å². The largest absolute Gasteiger partial charge is 0.382 e. The van der Waals surface area contributed by atoms with Gasteiger partial charge in [0.2, 0.25) is 0 Å². The van der Waals surface area contributed by atoms with Crippen LogP contribution in [0.1, 0.15) is 11.3 Å². The van der Waals surface area contributed by atoms with Crippen molar-refractivity contribution >= 4 is 33.7 Å². The Labute approximate surface area is 131 Å². The molecular weight excluding hydrogens is 302 g/mol. The van der Waals surface area contributed by atoms with Crippen LogP contribution in [0.15, 0.2) is 29.9 Å². The number of hydrogen-bond donors (Lipinski definition) is 1. The molecule has 0 amide bonds. The van der Waals surface area contributed by atoms with Gasteiger partial charge in [0.1, 0.15) is 15.8 Å². The number of nitrogens with zero attached hydrogens (tertiary/aromatic N) is 4. The van der Waals surface area contributed by atoms with E-state index in [1.165, 1.54) is 11.5 Å². The molecule has 0 aliphatic carbocycles. The highest BCUT2D eigenvalue weighted by atomic mass is 32.1. The fraction of sp³-hybridized carbons (Fsp3) is 0.214. The molecule has 21 heavy (non-hydrogen) atoms. The van der Waals surface area contributed by atoms with Crippen molar-refractivity contribution in [3.8, 4) is 10.6 Å². The van der Waals surface area contributed by atoms with E-state index in [0.717, 1.165) is 33.4 Å². The van der Waals surface area contributed by atoms with Gasteiger partial charge in [-0.05, 0) is 30.1 Å². The standard InChI is InChI=1S/C14H15N5S2/c1-9-8-20-13(17-9)11-12(15)18-21-14(11)19(2)7-10-4-3-5-16-6-10/h3-6,8H,7H2,1-2H3,(H2,15,18). The second-order valence-corrected chi connectivity index (χ2v) is 6.37. The molecule has 108 valence electrons. The van der Waals surface area contributed by atoms with Gasteiger partial charge in [0.25, 0.3) is 0 Å². The van der Waals surface area contributed by atoms with Crippen molar-refractivity contribution in [3.05, 3.63) is 41.2 Å². The zero-order valence-electron chi connectivity index (χ0n) is 11.8. The van der Waals surface area contributed by atoms with E-state index in [2.05, 4.69) is 25.3 Å². The van der Waals surface area contributed by atoms with Crippen LogP contribution in [0.5, 0.6) is 0 Å². The number of thiazole rings is 1. The molecule has 5 nitrogen and oxygen atoms in total. The van der Waals surface area contributed by atoms with Crippen molar-refractivity contribution < 1.29 is 0 Å². The molecule has 0 aliphatic heterocycles. The quantitative estimate of drug-likeness (QED) is 0.800. The van der Waals surface area contributed by atoms with Crippen LogP contribution >= 0.6 is 22.9 Å². The first-order chi connectivity index (χ1) is 10.1. The highest BCUT2D eigenvalue weighted by Gasteiger charge is 2.19. The van der Waals surface area contributed by atoms with Gasteiger partial charge in [0, 0.05) is 37.1 Å². The molecule has 0 unspecified atom stereocenters. The highest BCUT2D eigenvalue weighted by molar-refractivity contribution is 7.15. The number of nitrogen functional groups attached to an aromatic ring is 1. The van der Waals surface area contributed by atoms with Crippen LogP contribution < -0.4 is 10.6 Å². The Balaban J connectivity index is 1.92. The summed E-state index contributed by atoms with van der Waals surface area (Å²) in [7, 11) is 2.03. The molecule has 0 aliphatic rings. The van der Waals surface area contributed by atoms with E-state index in [1.54, 1.807) is 17.5 Å². The third-order valence-corrected chi connectivity index (χ3v) is 4.98. The number of hydrogen-bond acceptors (Lipinski definition) is 7. The molecular formula is C14H15N5S2. The van der Waals surface area contributed by atoms with Crippen LogP contribution in [0.4, 0.5) is 10.8 Å². The normalized spacial score (nSPS) is 10.8. The number of rotatable bonds is 4. The molecule has 0 bridgehead atoms. The first-order valence-corrected chi connectivity index (χ1v) is 8.08. The van der Waals surface area contributed by atoms with Gasteiger partial charge in [-0.15, -0.1) is 11.3 Å². The average molecular weight is 317 g/mol. The average Bonchev–Trinajstić information content (AvgIpc) is 3.05. The monoisotopic (exact) mass is 317 g/mol. The second kappa shape index (κ2) is 5.79. The Hall–Kier alpha value is -1.99. The maximum Gasteiger partial charge on any atom is 0.149 e. The first-order valence-electron chi connectivity index (χ1n) is 6.43. The Bertz CT molecular complexity index is 735. The highest BCUT2D eigenvalue weighted by Crippen LogP contribution is 2.40. The van der Waals surface area contributed by atoms with Crippen molar-refractivity contribution in [3.63, 3.8) is 0 Å². The summed E-state index contributed by atoms with van der Waals surface area (Å²) in [5.41, 5.74) is 9.12. The van der Waals surface area contributed by atoms with Gasteiger partial charge in [-0.25, -0.2) is 4.98 Å². The summed E-state index contributed by atoms with van der Waals surface area (Å²) < 4.78 is 4.29. The van der Waals surface area contributed by atoms with Crippen molar-refractivity contribution in [1.29, 1.82) is 0 Å². The number of aromatic nitrogens is 3. The lowest BCUT2D eigenvalue weighted by Crippen LogP contribution is -2.16. The first kappa shape index (κ1) is 14.0. The lowest BCUT2D eigenvalue weighted by atomic mass is 10.2. The van der Waals surface area contributed by atoms with E-state index in [0.29, 0.717) is 5.82 Å². The Morgan fingerprint density at radius 2 is 2.24 bits per heavy atom. The van der Waals surface area contributed by atoms with Gasteiger partial charge < -0.3 is 10.6 Å². The molecule has 0 atom stereocenters. The van der Waals surface area contributed by atoms with E-state index >= 15 is 0 Å². The maximum atomic E-state index is 6.04. The smallest absolute Gasteiger partial charge is 0.149 e. The fourth-order valence-electron chi connectivity index (χ4n) is 2.06. The van der Waals surface area contributed by atoms with Crippen LogP contribution in [0, 0.1) is 6.92 Å². The maximum absolute atomic E-state index is 6.04. The van der Waals surface area contributed by atoms with E-state index in [9.17, 15) is 0 Å². The van der Waals surface area contributed by atoms with E-state index in [4.69, 9.17) is 5.73 Å². The molecule has 0 saturated heterocycles. The Kier molecular flexibility index (Phi) is 3.85. The minimum Gasteiger partial charge on any atom is -0.382 e. The fourth-order valence-corrected chi connectivity index (χ4v) is 3.75. The third-order valence-electron chi connectivity index (χ3n) is 3.02. The SMILES string of the molecule is Cc1csc(-c2c(N)nsc2N(C)Cc2cccnc2)n1. The third kappa shape index (κ3) is 2.88. The number of anilines is 2. The molecule has 3 heterocycles. The molecule has 3 aromatic rings. The molecule has 7 heteroatoms. The summed E-state index contributed by atoms with van der Waals surface area (Å²) >= 11 is 3.00. The summed E-state index contributed by atoms with van der Waals surface area (Å²) in [5, 5.41) is 3.98. The van der Waals surface area contributed by atoms with Crippen molar-refractivity contribution in [1.82, 2.24) is 14.3 Å². The van der Waals surface area contributed by atoms with Gasteiger partial charge in [-0.2, -0.15) is 4.37 Å². The minimum atomic E-state index is 0.544. The Morgan fingerprint density at radius 1 is 1.38 bits per heavy atom. The number of pyridine rings is 1. The zero-order chi connectivity index (χ0) is 14.8. The number of nitrogens with two attached hydrogens (primary N) is 1. The molecule has 2 N–H and O–H groups in total. The summed E-state index contributed by atoms with van der Waals surface area (Å²) in [6.07, 6.45) is 3.64. The van der Waals surface area contributed by atoms with E-state index in [1.807, 2.05) is 31.6 Å². The summed E-state index contributed by atoms with van der Waals surface area (Å²) in [6.45, 7) is 2.74. The summed E-state index contributed by atoms with van der Waals surface area (Å²) in [4.78, 5) is 10.8. The lowest BCUT2D eigenvalue weighted by Gasteiger charge is -2.17. The predicted octanol–water partition coefficient (Wildman–Crippen LogP) is 3.19. The van der Waals surface area contributed by atoms with Crippen LogP contribution in [-0.4, -0.2) is 21.4 Å². The zero-order valence-corrected chi connectivity index (χ0v) is 13.4. The van der Waals surface area contributed by atoms with Crippen molar-refractivity contribution in [2.24, 2.45) is 0 Å². The van der Waals surface area contributed by atoms with E-state index < -0.39 is 0 Å². The van der Waals surface area contributed by atoms with Crippen LogP contribution in [-0.2, 0) is 6.54 Å². The summed E-state index contributed by atoms with van der Waals surface area (Å²) in [5.74, 6) is 0.544. The molecule has 0 saturated carbocycles. The second-order valence-electron chi connectivity index (χ2n) is 4.76. The minimum absolute atomic E-state index is 0.544. The lowest BCUT2D eigenvalue weighted by molar-refractivity contribution is 0.927. The molecule has 0 spiro atoms. The molecule has 0 radical (unpaired) electrons.